The van der Waals surface area contributed by atoms with Crippen LogP contribution in [-0.2, 0) is 9.53 Å². The molecular weight excluding hydrogens is 266 g/mol. The second kappa shape index (κ2) is 6.85. The zero-order valence-electron chi connectivity index (χ0n) is 11.0. The van der Waals surface area contributed by atoms with E-state index in [-0.39, 0.29) is 18.3 Å². The minimum absolute atomic E-state index is 0.0622. The van der Waals surface area contributed by atoms with Gasteiger partial charge in [-0.05, 0) is 20.8 Å². The number of thiazole rings is 1. The Balaban J connectivity index is 2.86. The molecule has 1 aromatic rings. The van der Waals surface area contributed by atoms with Crippen LogP contribution < -0.4 is 5.32 Å². The molecule has 0 fully saturated rings. The highest BCUT2D eigenvalue weighted by atomic mass is 32.1. The molecule has 0 aliphatic rings. The molecule has 0 aliphatic heterocycles. The predicted octanol–water partition coefficient (Wildman–Crippen LogP) is 1.45. The van der Waals surface area contributed by atoms with Gasteiger partial charge in [-0.25, -0.2) is 9.78 Å². The first-order valence-corrected chi connectivity index (χ1v) is 6.70. The van der Waals surface area contributed by atoms with Crippen molar-refractivity contribution >= 4 is 23.2 Å². The van der Waals surface area contributed by atoms with Crippen LogP contribution in [-0.4, -0.2) is 29.5 Å². The number of nitriles is 1. The summed E-state index contributed by atoms with van der Waals surface area (Å²) in [6.45, 7) is 5.55. The number of nitrogens with zero attached hydrogens (tertiary/aromatic N) is 2. The van der Waals surface area contributed by atoms with Crippen LogP contribution in [0, 0.1) is 11.3 Å². The minimum Gasteiger partial charge on any atom is -0.461 e. The second-order valence-corrected chi connectivity index (χ2v) is 4.91. The largest absolute Gasteiger partial charge is 0.461 e. The van der Waals surface area contributed by atoms with Crippen LogP contribution in [0.2, 0.25) is 0 Å². The van der Waals surface area contributed by atoms with Gasteiger partial charge in [-0.3, -0.25) is 4.79 Å². The Labute approximate surface area is 115 Å². The van der Waals surface area contributed by atoms with E-state index in [0.29, 0.717) is 5.01 Å². The molecule has 1 atom stereocenters. The Morgan fingerprint density at radius 3 is 2.79 bits per heavy atom. The molecule has 0 unspecified atom stereocenters. The number of carbonyl (C=O) groups excluding carboxylic acids is 2. The van der Waals surface area contributed by atoms with Gasteiger partial charge in [-0.2, -0.15) is 5.26 Å². The van der Waals surface area contributed by atoms with Gasteiger partial charge in [0.15, 0.2) is 11.6 Å². The van der Waals surface area contributed by atoms with Crippen LogP contribution in [0.4, 0.5) is 0 Å². The van der Waals surface area contributed by atoms with Gasteiger partial charge in [0.2, 0.25) is 5.91 Å². The summed E-state index contributed by atoms with van der Waals surface area (Å²) in [5.74, 6) is -1.97. The van der Waals surface area contributed by atoms with Gasteiger partial charge in [0.1, 0.15) is 5.01 Å². The van der Waals surface area contributed by atoms with Crippen LogP contribution in [0.15, 0.2) is 5.38 Å². The monoisotopic (exact) mass is 281 g/mol. The number of esters is 1. The minimum atomic E-state index is -1.00. The fourth-order valence-corrected chi connectivity index (χ4v) is 2.14. The van der Waals surface area contributed by atoms with Crippen LogP contribution in [0.1, 0.15) is 42.2 Å². The summed E-state index contributed by atoms with van der Waals surface area (Å²) >= 11 is 1.10. The number of rotatable bonds is 5. The van der Waals surface area contributed by atoms with Crippen molar-refractivity contribution < 1.29 is 14.3 Å². The molecule has 1 N–H and O–H groups in total. The van der Waals surface area contributed by atoms with Crippen molar-refractivity contribution in [3.8, 4) is 6.07 Å². The Bertz CT molecular complexity index is 505. The quantitative estimate of drug-likeness (QED) is 0.825. The molecule has 0 spiro atoms. The van der Waals surface area contributed by atoms with E-state index in [4.69, 9.17) is 10.00 Å². The van der Waals surface area contributed by atoms with Crippen molar-refractivity contribution in [2.75, 3.05) is 6.61 Å². The maximum atomic E-state index is 11.8. The summed E-state index contributed by atoms with van der Waals surface area (Å²) in [5.41, 5.74) is 0.124. The van der Waals surface area contributed by atoms with Crippen LogP contribution >= 0.6 is 11.3 Å². The standard InChI is InChI=1S/C12H15N3O3S/c1-4-18-12(17)9-6-19-11(15-9)8(5-13)10(16)14-7(2)3/h6-8H,4H2,1-3H3,(H,14,16)/t8-/m1/s1. The highest BCUT2D eigenvalue weighted by Gasteiger charge is 2.25. The molecule has 1 aromatic heterocycles. The number of hydrogen-bond donors (Lipinski definition) is 1. The summed E-state index contributed by atoms with van der Waals surface area (Å²) in [7, 11) is 0. The number of aromatic nitrogens is 1. The van der Waals surface area contributed by atoms with Crippen LogP contribution in [0.3, 0.4) is 0 Å². The van der Waals surface area contributed by atoms with Gasteiger partial charge >= 0.3 is 5.97 Å². The summed E-state index contributed by atoms with van der Waals surface area (Å²) in [4.78, 5) is 27.3. The smallest absolute Gasteiger partial charge is 0.357 e. The lowest BCUT2D eigenvalue weighted by molar-refractivity contribution is -0.121. The first-order chi connectivity index (χ1) is 8.99. The zero-order chi connectivity index (χ0) is 14.4. The summed E-state index contributed by atoms with van der Waals surface area (Å²) in [6.07, 6.45) is 0. The Kier molecular flexibility index (Phi) is 5.45. The third-order valence-corrected chi connectivity index (χ3v) is 2.99. The van der Waals surface area contributed by atoms with E-state index in [2.05, 4.69) is 10.3 Å². The summed E-state index contributed by atoms with van der Waals surface area (Å²) in [5, 5.41) is 13.5. The van der Waals surface area contributed by atoms with E-state index in [9.17, 15) is 9.59 Å². The van der Waals surface area contributed by atoms with E-state index >= 15 is 0 Å². The molecule has 0 saturated carbocycles. The van der Waals surface area contributed by atoms with Gasteiger partial charge < -0.3 is 10.1 Å². The maximum Gasteiger partial charge on any atom is 0.357 e. The van der Waals surface area contributed by atoms with Crippen LogP contribution in [0.25, 0.3) is 0 Å². The molecule has 1 heterocycles. The van der Waals surface area contributed by atoms with Crippen molar-refractivity contribution in [1.82, 2.24) is 10.3 Å². The SMILES string of the molecule is CCOC(=O)c1csc([C@H](C#N)C(=O)NC(C)C)n1. The molecular formula is C12H15N3O3S. The van der Waals surface area contributed by atoms with Crippen LogP contribution in [0.5, 0.6) is 0 Å². The highest BCUT2D eigenvalue weighted by Crippen LogP contribution is 2.20. The van der Waals surface area contributed by atoms with E-state index in [1.165, 1.54) is 5.38 Å². The number of ether oxygens (including phenoxy) is 1. The first-order valence-electron chi connectivity index (χ1n) is 5.82. The average molecular weight is 281 g/mol. The Morgan fingerprint density at radius 1 is 1.58 bits per heavy atom. The van der Waals surface area contributed by atoms with E-state index in [1.54, 1.807) is 20.8 Å². The molecule has 0 aliphatic carbocycles. The summed E-state index contributed by atoms with van der Waals surface area (Å²) < 4.78 is 4.80. The Morgan fingerprint density at radius 2 is 2.26 bits per heavy atom. The van der Waals surface area contributed by atoms with Crippen molar-refractivity contribution in [3.63, 3.8) is 0 Å². The molecule has 1 amide bonds. The molecule has 1 rings (SSSR count). The third-order valence-electron chi connectivity index (χ3n) is 2.08. The predicted molar refractivity (Wildman–Crippen MR) is 69.7 cm³/mol. The normalized spacial score (nSPS) is 11.7. The zero-order valence-corrected chi connectivity index (χ0v) is 11.8. The number of carbonyl (C=O) groups is 2. The lowest BCUT2D eigenvalue weighted by atomic mass is 10.1. The lowest BCUT2D eigenvalue weighted by Gasteiger charge is -2.10. The van der Waals surface area contributed by atoms with Crippen molar-refractivity contribution in [2.24, 2.45) is 0 Å². The molecule has 0 bridgehead atoms. The summed E-state index contributed by atoms with van der Waals surface area (Å²) in [6, 6.07) is 1.83. The van der Waals surface area contributed by atoms with Crippen molar-refractivity contribution in [2.45, 2.75) is 32.7 Å². The fraction of sp³-hybridized carbons (Fsp3) is 0.500. The fourth-order valence-electron chi connectivity index (χ4n) is 1.31. The first kappa shape index (κ1) is 15.1. The number of nitrogens with one attached hydrogen (secondary N) is 1. The average Bonchev–Trinajstić information content (AvgIpc) is 2.78. The van der Waals surface area contributed by atoms with Gasteiger partial charge in [0.05, 0.1) is 12.7 Å². The topological polar surface area (TPSA) is 92.1 Å². The van der Waals surface area contributed by atoms with E-state index < -0.39 is 17.8 Å². The molecule has 0 radical (unpaired) electrons. The molecule has 6 nitrogen and oxygen atoms in total. The molecule has 102 valence electrons. The van der Waals surface area contributed by atoms with Gasteiger partial charge in [-0.15, -0.1) is 11.3 Å². The number of hydrogen-bond acceptors (Lipinski definition) is 6. The Hall–Kier alpha value is -1.94. The molecule has 0 saturated heterocycles. The van der Waals surface area contributed by atoms with Gasteiger partial charge in [0.25, 0.3) is 0 Å². The molecule has 7 heteroatoms. The van der Waals surface area contributed by atoms with E-state index in [1.807, 2.05) is 6.07 Å². The number of amides is 1. The maximum absolute atomic E-state index is 11.8. The van der Waals surface area contributed by atoms with E-state index in [0.717, 1.165) is 11.3 Å². The second-order valence-electron chi connectivity index (χ2n) is 4.02. The van der Waals surface area contributed by atoms with Crippen molar-refractivity contribution in [1.29, 1.82) is 5.26 Å². The van der Waals surface area contributed by atoms with Gasteiger partial charge in [0, 0.05) is 11.4 Å². The third kappa shape index (κ3) is 4.03. The van der Waals surface area contributed by atoms with Crippen molar-refractivity contribution in [3.05, 3.63) is 16.1 Å². The van der Waals surface area contributed by atoms with Gasteiger partial charge in [-0.1, -0.05) is 0 Å². The highest BCUT2D eigenvalue weighted by molar-refractivity contribution is 7.10. The lowest BCUT2D eigenvalue weighted by Crippen LogP contribution is -2.34. The molecule has 0 aromatic carbocycles. The molecule has 19 heavy (non-hydrogen) atoms.